The second-order valence-corrected chi connectivity index (χ2v) is 3.34. The van der Waals surface area contributed by atoms with Gasteiger partial charge in [0.05, 0.1) is 0 Å². The van der Waals surface area contributed by atoms with Gasteiger partial charge in [-0.1, -0.05) is 41.9 Å². The highest BCUT2D eigenvalue weighted by Gasteiger charge is 2.05. The van der Waals surface area contributed by atoms with Gasteiger partial charge >= 0.3 is 0 Å². The minimum Gasteiger partial charge on any atom is -0.619 e. The first-order chi connectivity index (χ1) is 6.77. The average molecular weight is 206 g/mol. The molecule has 2 aromatic rings. The molecular formula is C11H8ClNO. The maximum atomic E-state index is 10.9. The molecule has 0 aliphatic carbocycles. The molecule has 0 spiro atoms. The van der Waals surface area contributed by atoms with Crippen molar-refractivity contribution in [2.45, 2.75) is 0 Å². The van der Waals surface area contributed by atoms with Crippen molar-refractivity contribution in [2.24, 2.45) is 0 Å². The van der Waals surface area contributed by atoms with Gasteiger partial charge in [0.1, 0.15) is 5.02 Å². The lowest BCUT2D eigenvalue weighted by atomic mass is 10.1. The van der Waals surface area contributed by atoms with E-state index in [0.717, 1.165) is 11.1 Å². The summed E-state index contributed by atoms with van der Waals surface area (Å²) < 4.78 is 0.689. The molecule has 0 radical (unpaired) electrons. The van der Waals surface area contributed by atoms with Gasteiger partial charge in [-0.05, 0) is 5.56 Å². The molecule has 0 saturated carbocycles. The second-order valence-electron chi connectivity index (χ2n) is 2.93. The van der Waals surface area contributed by atoms with Crippen molar-refractivity contribution >= 4 is 11.6 Å². The monoisotopic (exact) mass is 205 g/mol. The molecule has 0 atom stereocenters. The molecule has 0 aliphatic rings. The van der Waals surface area contributed by atoms with Crippen molar-refractivity contribution in [3.05, 3.63) is 59.0 Å². The third-order valence-electron chi connectivity index (χ3n) is 1.97. The van der Waals surface area contributed by atoms with Gasteiger partial charge in [0.15, 0.2) is 12.4 Å². The molecule has 1 heterocycles. The average Bonchev–Trinajstić information content (AvgIpc) is 2.19. The molecule has 14 heavy (non-hydrogen) atoms. The quantitative estimate of drug-likeness (QED) is 0.519. The Morgan fingerprint density at radius 2 is 1.79 bits per heavy atom. The summed E-state index contributed by atoms with van der Waals surface area (Å²) in [4.78, 5) is 0. The Balaban J connectivity index is 2.53. The molecular weight excluding hydrogens is 198 g/mol. The number of benzene rings is 1. The van der Waals surface area contributed by atoms with E-state index in [1.807, 2.05) is 30.3 Å². The Morgan fingerprint density at radius 3 is 2.43 bits per heavy atom. The molecule has 0 bridgehead atoms. The van der Waals surface area contributed by atoms with Crippen LogP contribution < -0.4 is 4.73 Å². The molecule has 0 saturated heterocycles. The first kappa shape index (κ1) is 9.03. The fraction of sp³-hybridized carbons (Fsp3) is 0. The third kappa shape index (κ3) is 1.70. The maximum absolute atomic E-state index is 10.9. The third-order valence-corrected chi connectivity index (χ3v) is 2.27. The summed E-state index contributed by atoms with van der Waals surface area (Å²) in [6, 6.07) is 11.4. The Labute approximate surface area is 87.0 Å². The van der Waals surface area contributed by atoms with Crippen LogP contribution in [0.25, 0.3) is 11.1 Å². The van der Waals surface area contributed by atoms with Gasteiger partial charge in [-0.3, -0.25) is 0 Å². The Morgan fingerprint density at radius 1 is 1.07 bits per heavy atom. The molecule has 1 aromatic heterocycles. The number of pyridine rings is 1. The van der Waals surface area contributed by atoms with E-state index in [2.05, 4.69) is 0 Å². The van der Waals surface area contributed by atoms with Crippen LogP contribution >= 0.6 is 11.6 Å². The van der Waals surface area contributed by atoms with E-state index in [-0.39, 0.29) is 0 Å². The zero-order valence-electron chi connectivity index (χ0n) is 7.35. The van der Waals surface area contributed by atoms with Crippen molar-refractivity contribution in [1.82, 2.24) is 0 Å². The smallest absolute Gasteiger partial charge is 0.199 e. The van der Waals surface area contributed by atoms with Crippen molar-refractivity contribution < 1.29 is 4.73 Å². The van der Waals surface area contributed by atoms with Gasteiger partial charge < -0.3 is 5.21 Å². The van der Waals surface area contributed by atoms with Crippen LogP contribution in [0.4, 0.5) is 0 Å². The van der Waals surface area contributed by atoms with Crippen LogP contribution in [0.15, 0.2) is 48.8 Å². The van der Waals surface area contributed by atoms with Crippen LogP contribution in [-0.4, -0.2) is 0 Å². The summed E-state index contributed by atoms with van der Waals surface area (Å²) in [5.74, 6) is 0. The van der Waals surface area contributed by atoms with Crippen LogP contribution in [0.5, 0.6) is 0 Å². The van der Waals surface area contributed by atoms with Gasteiger partial charge in [-0.25, -0.2) is 0 Å². The number of halogens is 1. The predicted molar refractivity (Wildman–Crippen MR) is 55.8 cm³/mol. The lowest BCUT2D eigenvalue weighted by molar-refractivity contribution is -0.605. The summed E-state index contributed by atoms with van der Waals surface area (Å²) in [6.07, 6.45) is 2.79. The molecule has 0 amide bonds. The van der Waals surface area contributed by atoms with E-state index in [4.69, 9.17) is 11.6 Å². The van der Waals surface area contributed by atoms with Gasteiger partial charge in [0.25, 0.3) is 0 Å². The molecule has 0 fully saturated rings. The molecule has 2 nitrogen and oxygen atoms in total. The second kappa shape index (κ2) is 3.68. The summed E-state index contributed by atoms with van der Waals surface area (Å²) in [6.45, 7) is 0. The number of rotatable bonds is 1. The summed E-state index contributed by atoms with van der Waals surface area (Å²) in [5, 5.41) is 11.4. The van der Waals surface area contributed by atoms with Gasteiger partial charge in [-0.2, -0.15) is 4.73 Å². The topological polar surface area (TPSA) is 26.9 Å². The largest absolute Gasteiger partial charge is 0.619 e. The fourth-order valence-corrected chi connectivity index (χ4v) is 1.57. The zero-order chi connectivity index (χ0) is 9.97. The first-order valence-electron chi connectivity index (χ1n) is 4.21. The highest BCUT2D eigenvalue weighted by Crippen LogP contribution is 2.25. The lowest BCUT2D eigenvalue weighted by Crippen LogP contribution is -2.23. The number of hydrogen-bond acceptors (Lipinski definition) is 1. The van der Waals surface area contributed by atoms with Crippen molar-refractivity contribution in [1.29, 1.82) is 0 Å². The van der Waals surface area contributed by atoms with Crippen LogP contribution in [0.1, 0.15) is 0 Å². The van der Waals surface area contributed by atoms with Crippen molar-refractivity contribution in [2.75, 3.05) is 0 Å². The van der Waals surface area contributed by atoms with Gasteiger partial charge in [-0.15, -0.1) is 0 Å². The molecule has 3 heteroatoms. The Kier molecular flexibility index (Phi) is 2.37. The minimum atomic E-state index is 0.466. The molecule has 0 N–H and O–H groups in total. The van der Waals surface area contributed by atoms with Gasteiger partial charge in [0.2, 0.25) is 0 Å². The zero-order valence-corrected chi connectivity index (χ0v) is 8.11. The molecule has 0 unspecified atom stereocenters. The van der Waals surface area contributed by atoms with E-state index in [0.29, 0.717) is 9.75 Å². The van der Waals surface area contributed by atoms with E-state index >= 15 is 0 Å². The van der Waals surface area contributed by atoms with Crippen molar-refractivity contribution in [3.8, 4) is 11.1 Å². The van der Waals surface area contributed by atoms with Crippen LogP contribution in [-0.2, 0) is 0 Å². The predicted octanol–water partition coefficient (Wildman–Crippen LogP) is 2.64. The summed E-state index contributed by atoms with van der Waals surface area (Å²) in [7, 11) is 0. The van der Waals surface area contributed by atoms with E-state index < -0.39 is 0 Å². The first-order valence-corrected chi connectivity index (χ1v) is 4.59. The maximum Gasteiger partial charge on any atom is 0.199 e. The van der Waals surface area contributed by atoms with E-state index in [1.165, 1.54) is 12.4 Å². The Bertz CT molecular complexity index is 442. The minimum absolute atomic E-state index is 0.466. The standard InChI is InChI=1S/C11H8ClNO/c12-11-8-13(14)7-6-10(11)9-4-2-1-3-5-9/h1-8H. The number of hydrogen-bond donors (Lipinski definition) is 0. The van der Waals surface area contributed by atoms with Crippen LogP contribution in [0.3, 0.4) is 0 Å². The van der Waals surface area contributed by atoms with E-state index in [1.54, 1.807) is 6.07 Å². The van der Waals surface area contributed by atoms with Crippen LogP contribution in [0.2, 0.25) is 5.02 Å². The highest BCUT2D eigenvalue weighted by atomic mass is 35.5. The molecule has 2 rings (SSSR count). The SMILES string of the molecule is [O-][n+]1ccc(-c2ccccc2)c(Cl)c1. The normalized spacial score (nSPS) is 10.1. The summed E-state index contributed by atoms with van der Waals surface area (Å²) in [5.41, 5.74) is 1.89. The lowest BCUT2D eigenvalue weighted by Gasteiger charge is -2.03. The number of aromatic nitrogens is 1. The summed E-state index contributed by atoms with van der Waals surface area (Å²) >= 11 is 5.94. The van der Waals surface area contributed by atoms with E-state index in [9.17, 15) is 5.21 Å². The highest BCUT2D eigenvalue weighted by molar-refractivity contribution is 6.33. The molecule has 1 aromatic carbocycles. The fourth-order valence-electron chi connectivity index (χ4n) is 1.30. The Hall–Kier alpha value is -1.54. The van der Waals surface area contributed by atoms with Gasteiger partial charge in [0, 0.05) is 11.6 Å². The molecule has 0 aliphatic heterocycles. The van der Waals surface area contributed by atoms with Crippen molar-refractivity contribution in [3.63, 3.8) is 0 Å². The molecule has 70 valence electrons. The number of nitrogens with zero attached hydrogens (tertiary/aromatic N) is 1. The van der Waals surface area contributed by atoms with Crippen LogP contribution in [0, 0.1) is 5.21 Å².